The van der Waals surface area contributed by atoms with E-state index in [-0.39, 0.29) is 24.6 Å². The molecule has 1 unspecified atom stereocenters. The second kappa shape index (κ2) is 11.0. The number of hydrogen-bond donors (Lipinski definition) is 1. The van der Waals surface area contributed by atoms with E-state index in [2.05, 4.69) is 5.32 Å². The van der Waals surface area contributed by atoms with Crippen LogP contribution in [0, 0.1) is 0 Å². The number of ether oxygens (including phenoxy) is 3. The summed E-state index contributed by atoms with van der Waals surface area (Å²) in [4.78, 5) is 24.1. The first kappa shape index (κ1) is 24.1. The van der Waals surface area contributed by atoms with Gasteiger partial charge >= 0.3 is 12.1 Å². The van der Waals surface area contributed by atoms with Gasteiger partial charge in [-0.25, -0.2) is 4.79 Å². The second-order valence-corrected chi connectivity index (χ2v) is 9.00. The van der Waals surface area contributed by atoms with Gasteiger partial charge in [-0.2, -0.15) is 0 Å². The van der Waals surface area contributed by atoms with Crippen molar-refractivity contribution in [2.45, 2.75) is 32.0 Å². The summed E-state index contributed by atoms with van der Waals surface area (Å²) >= 11 is 0. The van der Waals surface area contributed by atoms with Crippen molar-refractivity contribution in [1.82, 2.24) is 0 Å². The van der Waals surface area contributed by atoms with Gasteiger partial charge in [0.2, 0.25) is 0 Å². The van der Waals surface area contributed by atoms with Gasteiger partial charge in [-0.1, -0.05) is 85.8 Å². The third-order valence-corrected chi connectivity index (χ3v) is 6.24. The number of carbonyl (C=O) groups is 2. The molecule has 1 heterocycles. The molecule has 37 heavy (non-hydrogen) atoms. The van der Waals surface area contributed by atoms with Crippen LogP contribution in [0.1, 0.15) is 47.6 Å². The number of esters is 1. The molecule has 1 aliphatic heterocycles. The average Bonchev–Trinajstić information content (AvgIpc) is 2.92. The number of carbonyl (C=O) groups excluding carboxylic acids is 2. The maximum Gasteiger partial charge on any atom is 0.411 e. The van der Waals surface area contributed by atoms with Gasteiger partial charge in [0.25, 0.3) is 0 Å². The van der Waals surface area contributed by atoms with Gasteiger partial charge in [-0.15, -0.1) is 0 Å². The molecule has 0 spiro atoms. The molecule has 186 valence electrons. The molecule has 0 fully saturated rings. The zero-order valence-corrected chi connectivity index (χ0v) is 20.4. The maximum atomic E-state index is 12.3. The van der Waals surface area contributed by atoms with E-state index in [0.29, 0.717) is 23.6 Å². The van der Waals surface area contributed by atoms with E-state index in [9.17, 15) is 9.59 Å². The molecule has 5 rings (SSSR count). The van der Waals surface area contributed by atoms with Crippen molar-refractivity contribution in [3.8, 4) is 11.5 Å². The number of hydrogen-bond acceptors (Lipinski definition) is 5. The van der Waals surface area contributed by atoms with Crippen molar-refractivity contribution >= 4 is 17.7 Å². The first-order valence-corrected chi connectivity index (χ1v) is 12.2. The van der Waals surface area contributed by atoms with E-state index in [0.717, 1.165) is 22.3 Å². The van der Waals surface area contributed by atoms with Crippen LogP contribution in [0.25, 0.3) is 0 Å². The van der Waals surface area contributed by atoms with E-state index < -0.39 is 6.09 Å². The lowest BCUT2D eigenvalue weighted by Gasteiger charge is -2.21. The van der Waals surface area contributed by atoms with Gasteiger partial charge in [0.1, 0.15) is 24.2 Å². The standard InChI is InChI=1S/C31H27NO5/c1-21-18-29(33)37-28-19-25(14-17-27(21)28)32-31(34)35-20-22-12-15-26(16-13-22)36-30(23-8-4-2-5-9-23)24-10-6-3-7-11-24/h2-17,19,21,30H,18,20H2,1H3,(H,32,34). The number of fused-ring (bicyclic) bond motifs is 1. The third kappa shape index (κ3) is 5.98. The molecular formula is C31H27NO5. The van der Waals surface area contributed by atoms with Crippen LogP contribution < -0.4 is 14.8 Å². The summed E-state index contributed by atoms with van der Waals surface area (Å²) in [7, 11) is 0. The summed E-state index contributed by atoms with van der Waals surface area (Å²) in [5.74, 6) is 0.996. The summed E-state index contributed by atoms with van der Waals surface area (Å²) < 4.78 is 17.0. The molecule has 0 bridgehead atoms. The lowest BCUT2D eigenvalue weighted by atomic mass is 9.94. The summed E-state index contributed by atoms with van der Waals surface area (Å²) in [6.45, 7) is 2.07. The number of nitrogens with one attached hydrogen (secondary N) is 1. The summed E-state index contributed by atoms with van der Waals surface area (Å²) in [6.07, 6.45) is -0.483. The van der Waals surface area contributed by atoms with Gasteiger partial charge < -0.3 is 14.2 Å². The molecule has 6 nitrogen and oxygen atoms in total. The smallest absolute Gasteiger partial charge is 0.411 e. The Bertz CT molecular complexity index is 1330. The quantitative estimate of drug-likeness (QED) is 0.221. The maximum absolute atomic E-state index is 12.3. The monoisotopic (exact) mass is 493 g/mol. The Labute approximate surface area is 215 Å². The Morgan fingerprint density at radius 1 is 0.919 bits per heavy atom. The minimum Gasteiger partial charge on any atom is -0.481 e. The SMILES string of the molecule is CC1CC(=O)Oc2cc(NC(=O)OCc3ccc(OC(c4ccccc4)c4ccccc4)cc3)ccc21. The fraction of sp³-hybridized carbons (Fsp3) is 0.161. The van der Waals surface area contributed by atoms with Crippen molar-refractivity contribution in [2.75, 3.05) is 5.32 Å². The number of amides is 1. The summed E-state index contributed by atoms with van der Waals surface area (Å²) in [5.41, 5.74) is 4.39. The Morgan fingerprint density at radius 3 is 2.22 bits per heavy atom. The van der Waals surface area contributed by atoms with E-state index in [1.807, 2.05) is 97.9 Å². The van der Waals surface area contributed by atoms with Gasteiger partial charge in [0, 0.05) is 11.8 Å². The molecule has 0 aromatic heterocycles. The first-order chi connectivity index (χ1) is 18.0. The van der Waals surface area contributed by atoms with Crippen LogP contribution in [0.15, 0.2) is 103 Å². The van der Waals surface area contributed by atoms with Crippen LogP contribution >= 0.6 is 0 Å². The highest BCUT2D eigenvalue weighted by molar-refractivity contribution is 5.86. The van der Waals surface area contributed by atoms with Gasteiger partial charge in [0.05, 0.1) is 6.42 Å². The minimum atomic E-state index is -0.594. The molecule has 1 atom stereocenters. The lowest BCUT2D eigenvalue weighted by Crippen LogP contribution is -2.19. The second-order valence-electron chi connectivity index (χ2n) is 9.00. The molecule has 6 heteroatoms. The van der Waals surface area contributed by atoms with Crippen molar-refractivity contribution in [3.05, 3.63) is 125 Å². The Kier molecular flexibility index (Phi) is 7.17. The zero-order chi connectivity index (χ0) is 25.6. The normalized spacial score (nSPS) is 14.4. The molecule has 0 saturated heterocycles. The highest BCUT2D eigenvalue weighted by Crippen LogP contribution is 2.35. The van der Waals surface area contributed by atoms with Crippen LogP contribution in [0.3, 0.4) is 0 Å². The largest absolute Gasteiger partial charge is 0.481 e. The molecule has 4 aromatic rings. The molecule has 0 radical (unpaired) electrons. The van der Waals surface area contributed by atoms with Gasteiger partial charge in [-0.3, -0.25) is 10.1 Å². The Morgan fingerprint density at radius 2 is 1.57 bits per heavy atom. The summed E-state index contributed by atoms with van der Waals surface area (Å²) in [5, 5.41) is 2.69. The highest BCUT2D eigenvalue weighted by atomic mass is 16.5. The lowest BCUT2D eigenvalue weighted by molar-refractivity contribution is -0.135. The fourth-order valence-corrected chi connectivity index (χ4v) is 4.32. The van der Waals surface area contributed by atoms with E-state index >= 15 is 0 Å². The van der Waals surface area contributed by atoms with E-state index in [1.54, 1.807) is 12.1 Å². The van der Waals surface area contributed by atoms with Crippen LogP contribution in [0.4, 0.5) is 10.5 Å². The van der Waals surface area contributed by atoms with Crippen LogP contribution in [-0.4, -0.2) is 12.1 Å². The molecular weight excluding hydrogens is 466 g/mol. The molecule has 0 aliphatic carbocycles. The Balaban J connectivity index is 1.19. The van der Waals surface area contributed by atoms with E-state index in [4.69, 9.17) is 14.2 Å². The van der Waals surface area contributed by atoms with Gasteiger partial charge in [0.15, 0.2) is 0 Å². The first-order valence-electron chi connectivity index (χ1n) is 12.2. The molecule has 1 aliphatic rings. The van der Waals surface area contributed by atoms with Crippen molar-refractivity contribution in [1.29, 1.82) is 0 Å². The van der Waals surface area contributed by atoms with Crippen molar-refractivity contribution in [3.63, 3.8) is 0 Å². The highest BCUT2D eigenvalue weighted by Gasteiger charge is 2.24. The average molecular weight is 494 g/mol. The van der Waals surface area contributed by atoms with Crippen LogP contribution in [-0.2, 0) is 16.1 Å². The molecule has 1 N–H and O–H groups in total. The van der Waals surface area contributed by atoms with E-state index in [1.165, 1.54) is 0 Å². The fourth-order valence-electron chi connectivity index (χ4n) is 4.32. The summed E-state index contributed by atoms with van der Waals surface area (Å²) in [6, 6.07) is 32.9. The Hall–Kier alpha value is -4.58. The third-order valence-electron chi connectivity index (χ3n) is 6.24. The number of rotatable bonds is 7. The predicted octanol–water partition coefficient (Wildman–Crippen LogP) is 7.02. The number of benzene rings is 4. The molecule has 4 aromatic carbocycles. The van der Waals surface area contributed by atoms with Crippen LogP contribution in [0.2, 0.25) is 0 Å². The zero-order valence-electron chi connectivity index (χ0n) is 20.4. The van der Waals surface area contributed by atoms with Crippen molar-refractivity contribution < 1.29 is 23.8 Å². The molecule has 0 saturated carbocycles. The van der Waals surface area contributed by atoms with Crippen LogP contribution in [0.5, 0.6) is 11.5 Å². The predicted molar refractivity (Wildman–Crippen MR) is 141 cm³/mol. The molecule has 1 amide bonds. The number of anilines is 1. The van der Waals surface area contributed by atoms with Gasteiger partial charge in [-0.05, 0) is 46.4 Å². The van der Waals surface area contributed by atoms with Crippen molar-refractivity contribution in [2.24, 2.45) is 0 Å². The minimum absolute atomic E-state index is 0.0832. The topological polar surface area (TPSA) is 73.9 Å².